The zero-order chi connectivity index (χ0) is 42.3. The number of hydrogen-bond donors (Lipinski definition) is 4. The van der Waals surface area contributed by atoms with Crippen LogP contribution in [0.1, 0.15) is 58.8 Å². The number of aromatic amines is 2. The van der Waals surface area contributed by atoms with Gasteiger partial charge in [-0.3, -0.25) is 9.59 Å². The Hall–Kier alpha value is -5.28. The number of H-pyrrole nitrogens is 2. The summed E-state index contributed by atoms with van der Waals surface area (Å²) in [6, 6.07) is 37.9. The summed E-state index contributed by atoms with van der Waals surface area (Å²) in [6.07, 6.45) is 1.23. The van der Waals surface area contributed by atoms with Crippen molar-refractivity contribution in [3.05, 3.63) is 144 Å². The molecule has 4 aromatic carbocycles. The van der Waals surface area contributed by atoms with Crippen LogP contribution in [-0.2, 0) is 32.8 Å². The van der Waals surface area contributed by atoms with Gasteiger partial charge in [0.15, 0.2) is 19.7 Å². The fraction of sp³-hybridized carbons (Fsp3) is 0.348. The quantitative estimate of drug-likeness (QED) is 0.117. The summed E-state index contributed by atoms with van der Waals surface area (Å²) in [6.45, 7) is 5.92. The number of amides is 2. The molecule has 0 bridgehead atoms. The number of hydrogen-bond acceptors (Lipinski definition) is 8. The Labute approximate surface area is 352 Å². The molecule has 316 valence electrons. The SMILES string of the molecule is CCN(C(=O)c1cc2ccccc2[nH]1)[C@@H]1CC(NCc2ccccc2)CS(=O)(=O)C1.CCN(C(=O)c1cc2ccccc2[nH]1)[C@@H]1CC(NCc2ccccc2)CS(=O)(=O)C1. The molecule has 4 heterocycles. The third kappa shape index (κ3) is 10.7. The monoisotopic (exact) mass is 850 g/mol. The highest BCUT2D eigenvalue weighted by atomic mass is 32.2. The Kier molecular flexibility index (Phi) is 13.5. The second-order valence-corrected chi connectivity index (χ2v) is 20.1. The van der Waals surface area contributed by atoms with E-state index in [0.717, 1.165) is 32.9 Å². The highest BCUT2D eigenvalue weighted by Gasteiger charge is 2.38. The maximum Gasteiger partial charge on any atom is 0.270 e. The van der Waals surface area contributed by atoms with Crippen molar-refractivity contribution in [3.8, 4) is 0 Å². The highest BCUT2D eigenvalue weighted by molar-refractivity contribution is 7.91. The van der Waals surface area contributed by atoms with Crippen LogP contribution in [0.15, 0.2) is 121 Å². The Bertz CT molecular complexity index is 2370. The van der Waals surface area contributed by atoms with Crippen molar-refractivity contribution in [3.63, 3.8) is 0 Å². The van der Waals surface area contributed by atoms with Gasteiger partial charge in [0, 0.05) is 72.2 Å². The van der Waals surface area contributed by atoms with E-state index in [1.54, 1.807) is 9.80 Å². The van der Waals surface area contributed by atoms with E-state index < -0.39 is 19.7 Å². The number of carbonyl (C=O) groups is 2. The molecular weight excluding hydrogens is 797 g/mol. The van der Waals surface area contributed by atoms with Crippen LogP contribution in [0.3, 0.4) is 0 Å². The van der Waals surface area contributed by atoms with E-state index in [1.807, 2.05) is 135 Å². The van der Waals surface area contributed by atoms with Gasteiger partial charge in [-0.15, -0.1) is 0 Å². The summed E-state index contributed by atoms with van der Waals surface area (Å²) in [5, 5.41) is 8.69. The predicted octanol–water partition coefficient (Wildman–Crippen LogP) is 5.95. The van der Waals surface area contributed by atoms with Gasteiger partial charge in [-0.1, -0.05) is 97.1 Å². The summed E-state index contributed by atoms with van der Waals surface area (Å²) < 4.78 is 50.5. The molecule has 2 aliphatic rings. The number of rotatable bonds is 12. The standard InChI is InChI=1S/2C23H27N3O3S/c2*1-2-26(23(27)22-12-18-10-6-7-11-21(18)25-22)20-13-19(15-30(28,29)16-20)24-14-17-8-4-3-5-9-17/h2*3-12,19-20,24-25H,2,13-16H2,1H3/t2*19?,20-/m11/s1. The first-order valence-electron chi connectivity index (χ1n) is 20.6. The molecule has 6 aromatic rings. The van der Waals surface area contributed by atoms with E-state index >= 15 is 0 Å². The highest BCUT2D eigenvalue weighted by Crippen LogP contribution is 2.25. The molecule has 2 fully saturated rings. The lowest BCUT2D eigenvalue weighted by atomic mass is 10.1. The molecule has 4 atom stereocenters. The van der Waals surface area contributed by atoms with Crippen LogP contribution in [0.4, 0.5) is 0 Å². The lowest BCUT2D eigenvalue weighted by Crippen LogP contribution is -2.53. The summed E-state index contributed by atoms with van der Waals surface area (Å²) in [7, 11) is -6.50. The average molecular weight is 851 g/mol. The maximum atomic E-state index is 13.2. The van der Waals surface area contributed by atoms with Crippen molar-refractivity contribution in [2.45, 2.75) is 63.9 Å². The van der Waals surface area contributed by atoms with Gasteiger partial charge in [0.05, 0.1) is 23.0 Å². The van der Waals surface area contributed by atoms with Gasteiger partial charge in [-0.25, -0.2) is 16.8 Å². The van der Waals surface area contributed by atoms with Gasteiger partial charge in [-0.05, 0) is 62.1 Å². The van der Waals surface area contributed by atoms with E-state index in [0.29, 0.717) is 50.4 Å². The van der Waals surface area contributed by atoms with Gasteiger partial charge < -0.3 is 30.4 Å². The Morgan fingerprint density at radius 2 is 0.917 bits per heavy atom. The number of nitrogens with one attached hydrogen (secondary N) is 4. The zero-order valence-electron chi connectivity index (χ0n) is 34.1. The average Bonchev–Trinajstić information content (AvgIpc) is 3.88. The molecule has 0 radical (unpaired) electrons. The lowest BCUT2D eigenvalue weighted by molar-refractivity contribution is 0.0673. The van der Waals surface area contributed by atoms with Crippen molar-refractivity contribution in [2.24, 2.45) is 0 Å². The predicted molar refractivity (Wildman–Crippen MR) is 238 cm³/mol. The molecule has 2 amide bonds. The fourth-order valence-electron chi connectivity index (χ4n) is 8.52. The molecular formula is C46H54N6O6S2. The molecule has 0 saturated carbocycles. The summed E-state index contributed by atoms with van der Waals surface area (Å²) in [4.78, 5) is 36.2. The lowest BCUT2D eigenvalue weighted by Gasteiger charge is -2.37. The minimum atomic E-state index is -3.25. The largest absolute Gasteiger partial charge is 0.351 e. The fourth-order valence-corrected chi connectivity index (χ4v) is 12.3. The summed E-state index contributed by atoms with van der Waals surface area (Å²) >= 11 is 0. The topological polar surface area (TPSA) is 165 Å². The molecule has 0 aliphatic carbocycles. The van der Waals surface area contributed by atoms with Gasteiger partial charge >= 0.3 is 0 Å². The van der Waals surface area contributed by atoms with Crippen LogP contribution in [0.25, 0.3) is 21.8 Å². The number of carbonyl (C=O) groups excluding carboxylic acids is 2. The normalized spacial score (nSPS) is 20.8. The summed E-state index contributed by atoms with van der Waals surface area (Å²) in [5.41, 5.74) is 5.01. The molecule has 0 spiro atoms. The molecule has 60 heavy (non-hydrogen) atoms. The van der Waals surface area contributed by atoms with Gasteiger partial charge in [0.2, 0.25) is 0 Å². The molecule has 4 N–H and O–H groups in total. The molecule has 12 nitrogen and oxygen atoms in total. The van der Waals surface area contributed by atoms with Crippen molar-refractivity contribution in [2.75, 3.05) is 36.1 Å². The van der Waals surface area contributed by atoms with Crippen molar-refractivity contribution < 1.29 is 26.4 Å². The van der Waals surface area contributed by atoms with E-state index in [-0.39, 0.29) is 59.0 Å². The van der Waals surface area contributed by atoms with Gasteiger partial charge in [0.25, 0.3) is 11.8 Å². The number of fused-ring (bicyclic) bond motifs is 2. The number of aromatic nitrogens is 2. The van der Waals surface area contributed by atoms with Gasteiger partial charge in [0.1, 0.15) is 11.4 Å². The van der Waals surface area contributed by atoms with Crippen LogP contribution < -0.4 is 10.6 Å². The first-order valence-corrected chi connectivity index (χ1v) is 24.3. The number of para-hydroxylation sites is 2. The van der Waals surface area contributed by atoms with Crippen molar-refractivity contribution >= 4 is 53.3 Å². The third-order valence-corrected chi connectivity index (χ3v) is 15.0. The third-order valence-electron chi connectivity index (χ3n) is 11.4. The first-order chi connectivity index (χ1) is 28.9. The zero-order valence-corrected chi connectivity index (χ0v) is 35.7. The second kappa shape index (κ2) is 19.0. The number of benzene rings is 4. The molecule has 2 aromatic heterocycles. The van der Waals surface area contributed by atoms with Crippen molar-refractivity contribution in [1.29, 1.82) is 0 Å². The first kappa shape index (κ1) is 42.8. The molecule has 2 saturated heterocycles. The minimum Gasteiger partial charge on any atom is -0.351 e. The van der Waals surface area contributed by atoms with Crippen LogP contribution in [0, 0.1) is 0 Å². The van der Waals surface area contributed by atoms with Crippen LogP contribution in [0.5, 0.6) is 0 Å². The molecule has 8 rings (SSSR count). The van der Waals surface area contributed by atoms with E-state index in [4.69, 9.17) is 0 Å². The van der Waals surface area contributed by atoms with Crippen LogP contribution in [0.2, 0.25) is 0 Å². The van der Waals surface area contributed by atoms with E-state index in [2.05, 4.69) is 20.6 Å². The smallest absolute Gasteiger partial charge is 0.270 e. The Morgan fingerprint density at radius 3 is 1.28 bits per heavy atom. The molecule has 2 unspecified atom stereocenters. The van der Waals surface area contributed by atoms with E-state index in [1.165, 1.54) is 0 Å². The Morgan fingerprint density at radius 1 is 0.550 bits per heavy atom. The molecule has 2 aliphatic heterocycles. The van der Waals surface area contributed by atoms with E-state index in [9.17, 15) is 26.4 Å². The number of sulfone groups is 2. The van der Waals surface area contributed by atoms with Crippen LogP contribution >= 0.6 is 0 Å². The minimum absolute atomic E-state index is 0.0102. The number of nitrogens with zero attached hydrogens (tertiary/aromatic N) is 2. The second-order valence-electron chi connectivity index (χ2n) is 15.8. The maximum absolute atomic E-state index is 13.2. The van der Waals surface area contributed by atoms with Crippen LogP contribution in [-0.4, -0.2) is 109 Å². The summed E-state index contributed by atoms with van der Waals surface area (Å²) in [5.74, 6) is -0.0783. The van der Waals surface area contributed by atoms with Gasteiger partial charge in [-0.2, -0.15) is 0 Å². The molecule has 14 heteroatoms. The Balaban J connectivity index is 0.000000181. The van der Waals surface area contributed by atoms with Crippen molar-refractivity contribution in [1.82, 2.24) is 30.4 Å².